The van der Waals surface area contributed by atoms with Gasteiger partial charge in [-0.3, -0.25) is 0 Å². The minimum absolute atomic E-state index is 0.178. The lowest BCUT2D eigenvalue weighted by Crippen LogP contribution is -2.03. The third-order valence-electron chi connectivity index (χ3n) is 3.82. The summed E-state index contributed by atoms with van der Waals surface area (Å²) in [6, 6.07) is 12.7. The van der Waals surface area contributed by atoms with E-state index in [2.05, 4.69) is 32.9 Å². The average molecular weight is 340 g/mol. The highest BCUT2D eigenvalue weighted by atomic mass is 15.0. The van der Waals surface area contributed by atoms with Crippen LogP contribution in [0.2, 0.25) is 0 Å². The van der Waals surface area contributed by atoms with Crippen molar-refractivity contribution in [3.8, 4) is 29.2 Å². The molecule has 0 amide bonds. The summed E-state index contributed by atoms with van der Waals surface area (Å²) in [5.41, 5.74) is 16.4. The maximum Gasteiger partial charge on any atom is 0.220 e. The zero-order valence-corrected chi connectivity index (χ0v) is 14.4. The van der Waals surface area contributed by atoms with Gasteiger partial charge in [-0.15, -0.1) is 0 Å². The largest absolute Gasteiger partial charge is 0.384 e. The molecule has 0 saturated heterocycles. The Morgan fingerprint density at radius 2 is 1.58 bits per heavy atom. The van der Waals surface area contributed by atoms with Gasteiger partial charge in [0.25, 0.3) is 0 Å². The molecular formula is C20H16N6. The second kappa shape index (κ2) is 6.92. The number of rotatable bonds is 1. The number of aryl methyl sites for hydroxylation is 2. The first-order chi connectivity index (χ1) is 12.5. The molecule has 3 rings (SSSR count). The number of aromatic nitrogens is 3. The van der Waals surface area contributed by atoms with E-state index in [0.717, 1.165) is 16.8 Å². The summed E-state index contributed by atoms with van der Waals surface area (Å²) in [6.45, 7) is 3.69. The molecule has 6 heteroatoms. The molecule has 0 aliphatic carbocycles. The Labute approximate surface area is 151 Å². The van der Waals surface area contributed by atoms with Crippen molar-refractivity contribution in [3.05, 3.63) is 64.5 Å². The van der Waals surface area contributed by atoms with Gasteiger partial charge in [0, 0.05) is 11.1 Å². The SMILES string of the molecule is Cc1nc(N)ccc1C#Cc1c(C)nc(N)nc1-c1ccc(C#N)cc1. The molecule has 126 valence electrons. The third kappa shape index (κ3) is 3.45. The van der Waals surface area contributed by atoms with E-state index in [0.29, 0.717) is 28.3 Å². The van der Waals surface area contributed by atoms with Crippen molar-refractivity contribution in [2.75, 3.05) is 11.5 Å². The van der Waals surface area contributed by atoms with Crippen molar-refractivity contribution in [2.45, 2.75) is 13.8 Å². The van der Waals surface area contributed by atoms with E-state index in [9.17, 15) is 0 Å². The van der Waals surface area contributed by atoms with Crippen LogP contribution in [0.4, 0.5) is 11.8 Å². The lowest BCUT2D eigenvalue weighted by molar-refractivity contribution is 1.11. The summed E-state index contributed by atoms with van der Waals surface area (Å²) in [5, 5.41) is 8.96. The van der Waals surface area contributed by atoms with Gasteiger partial charge in [-0.25, -0.2) is 15.0 Å². The fourth-order valence-corrected chi connectivity index (χ4v) is 2.50. The molecule has 4 N–H and O–H groups in total. The standard InChI is InChI=1S/C20H16N6/c1-12-15(8-10-18(22)24-12)7-9-17-13(2)25-20(23)26-19(17)16-5-3-14(11-21)4-6-16/h3-6,8,10H,1-2H3,(H2,22,24)(H2,23,25,26). The van der Waals surface area contributed by atoms with Gasteiger partial charge in [0.1, 0.15) is 5.82 Å². The van der Waals surface area contributed by atoms with E-state index in [-0.39, 0.29) is 5.95 Å². The molecule has 0 unspecified atom stereocenters. The first kappa shape index (κ1) is 16.9. The molecule has 0 fully saturated rings. The van der Waals surface area contributed by atoms with Crippen molar-refractivity contribution in [1.82, 2.24) is 15.0 Å². The molecule has 1 aromatic carbocycles. The quantitative estimate of drug-likeness (QED) is 0.658. The van der Waals surface area contributed by atoms with Crippen molar-refractivity contribution in [3.63, 3.8) is 0 Å². The van der Waals surface area contributed by atoms with Crippen molar-refractivity contribution in [1.29, 1.82) is 5.26 Å². The van der Waals surface area contributed by atoms with E-state index < -0.39 is 0 Å². The summed E-state index contributed by atoms with van der Waals surface area (Å²) in [7, 11) is 0. The first-order valence-electron chi connectivity index (χ1n) is 7.87. The number of pyridine rings is 1. The zero-order chi connectivity index (χ0) is 18.7. The predicted octanol–water partition coefficient (Wildman–Crippen LogP) is 2.59. The van der Waals surface area contributed by atoms with Crippen LogP contribution in [0.1, 0.15) is 28.1 Å². The van der Waals surface area contributed by atoms with Crippen LogP contribution in [0.25, 0.3) is 11.3 Å². The lowest BCUT2D eigenvalue weighted by Gasteiger charge is -2.08. The summed E-state index contributed by atoms with van der Waals surface area (Å²) in [6.07, 6.45) is 0. The Morgan fingerprint density at radius 3 is 2.23 bits per heavy atom. The maximum absolute atomic E-state index is 8.96. The topological polar surface area (TPSA) is 114 Å². The normalized spacial score (nSPS) is 9.88. The summed E-state index contributed by atoms with van der Waals surface area (Å²) in [5.74, 6) is 6.88. The number of nitrogen functional groups attached to an aromatic ring is 2. The molecule has 2 heterocycles. The Balaban J connectivity index is 2.13. The minimum atomic E-state index is 0.178. The lowest BCUT2D eigenvalue weighted by atomic mass is 10.0. The molecule has 6 nitrogen and oxygen atoms in total. The summed E-state index contributed by atoms with van der Waals surface area (Å²) < 4.78 is 0. The van der Waals surface area contributed by atoms with Gasteiger partial charge in [-0.1, -0.05) is 24.0 Å². The Kier molecular flexibility index (Phi) is 4.51. The van der Waals surface area contributed by atoms with Gasteiger partial charge in [0.05, 0.1) is 34.3 Å². The number of anilines is 2. The predicted molar refractivity (Wildman–Crippen MR) is 101 cm³/mol. The smallest absolute Gasteiger partial charge is 0.220 e. The molecule has 3 aromatic rings. The number of hydrogen-bond acceptors (Lipinski definition) is 6. The van der Waals surface area contributed by atoms with Gasteiger partial charge in [-0.05, 0) is 38.1 Å². The van der Waals surface area contributed by atoms with E-state index >= 15 is 0 Å². The van der Waals surface area contributed by atoms with Crippen LogP contribution in [0.5, 0.6) is 0 Å². The summed E-state index contributed by atoms with van der Waals surface area (Å²) >= 11 is 0. The van der Waals surface area contributed by atoms with E-state index in [1.165, 1.54) is 0 Å². The highest BCUT2D eigenvalue weighted by Gasteiger charge is 2.11. The molecule has 26 heavy (non-hydrogen) atoms. The molecule has 0 aliphatic rings. The van der Waals surface area contributed by atoms with Gasteiger partial charge in [0.15, 0.2) is 0 Å². The van der Waals surface area contributed by atoms with Crippen molar-refractivity contribution >= 4 is 11.8 Å². The Hall–Kier alpha value is -3.90. The fraction of sp³-hybridized carbons (Fsp3) is 0.100. The molecule has 0 spiro atoms. The second-order valence-corrected chi connectivity index (χ2v) is 5.70. The van der Waals surface area contributed by atoms with Gasteiger partial charge in [-0.2, -0.15) is 5.26 Å². The van der Waals surface area contributed by atoms with E-state index in [1.54, 1.807) is 18.2 Å². The zero-order valence-electron chi connectivity index (χ0n) is 14.4. The summed E-state index contributed by atoms with van der Waals surface area (Å²) in [4.78, 5) is 12.8. The van der Waals surface area contributed by atoms with Gasteiger partial charge < -0.3 is 11.5 Å². The third-order valence-corrected chi connectivity index (χ3v) is 3.82. The van der Waals surface area contributed by atoms with Gasteiger partial charge >= 0.3 is 0 Å². The number of hydrogen-bond donors (Lipinski definition) is 2. The fourth-order valence-electron chi connectivity index (χ4n) is 2.50. The number of nitrogens with zero attached hydrogens (tertiary/aromatic N) is 4. The molecule has 0 saturated carbocycles. The van der Waals surface area contributed by atoms with Gasteiger partial charge in [0.2, 0.25) is 5.95 Å². The first-order valence-corrected chi connectivity index (χ1v) is 7.87. The molecule has 0 aliphatic heterocycles. The molecule has 0 atom stereocenters. The average Bonchev–Trinajstić information content (AvgIpc) is 2.62. The maximum atomic E-state index is 8.96. The van der Waals surface area contributed by atoms with Crippen LogP contribution in [0.15, 0.2) is 36.4 Å². The van der Waals surface area contributed by atoms with Crippen LogP contribution in [-0.4, -0.2) is 15.0 Å². The number of nitrogens with two attached hydrogens (primary N) is 2. The molecule has 2 aromatic heterocycles. The van der Waals surface area contributed by atoms with Crippen molar-refractivity contribution < 1.29 is 0 Å². The van der Waals surface area contributed by atoms with E-state index in [1.807, 2.05) is 32.0 Å². The van der Waals surface area contributed by atoms with Crippen LogP contribution in [0.3, 0.4) is 0 Å². The monoisotopic (exact) mass is 340 g/mol. The Morgan fingerprint density at radius 1 is 0.846 bits per heavy atom. The minimum Gasteiger partial charge on any atom is -0.384 e. The molecular weight excluding hydrogens is 324 g/mol. The highest BCUT2D eigenvalue weighted by molar-refractivity contribution is 5.70. The van der Waals surface area contributed by atoms with Crippen molar-refractivity contribution in [2.24, 2.45) is 0 Å². The molecule has 0 bridgehead atoms. The number of nitriles is 1. The van der Waals surface area contributed by atoms with Crippen LogP contribution in [-0.2, 0) is 0 Å². The van der Waals surface area contributed by atoms with Crippen LogP contribution >= 0.6 is 0 Å². The molecule has 0 radical (unpaired) electrons. The highest BCUT2D eigenvalue weighted by Crippen LogP contribution is 2.24. The van der Waals surface area contributed by atoms with Crippen LogP contribution < -0.4 is 11.5 Å². The Bertz CT molecular complexity index is 1080. The van der Waals surface area contributed by atoms with Crippen LogP contribution in [0, 0.1) is 37.0 Å². The number of benzene rings is 1. The second-order valence-electron chi connectivity index (χ2n) is 5.70. The van der Waals surface area contributed by atoms with E-state index in [4.69, 9.17) is 16.7 Å².